The molecular formula is C11H21N3O3S. The third kappa shape index (κ3) is 6.48. The number of thiol groups is 1. The van der Waals surface area contributed by atoms with Crippen molar-refractivity contribution < 1.29 is 14.4 Å². The van der Waals surface area contributed by atoms with Gasteiger partial charge in [0.1, 0.15) is 6.04 Å². The van der Waals surface area contributed by atoms with Crippen LogP contribution in [0.5, 0.6) is 0 Å². The van der Waals surface area contributed by atoms with Crippen molar-refractivity contribution in [3.8, 4) is 0 Å². The van der Waals surface area contributed by atoms with Gasteiger partial charge in [0.05, 0.1) is 6.54 Å². The topological polar surface area (TPSA) is 92.5 Å². The molecule has 6 nitrogen and oxygen atoms in total. The van der Waals surface area contributed by atoms with Gasteiger partial charge in [-0.1, -0.05) is 13.3 Å². The number of nitrogens with one attached hydrogen (secondary N) is 1. The zero-order chi connectivity index (χ0) is 14.1. The van der Waals surface area contributed by atoms with Crippen molar-refractivity contribution in [2.24, 2.45) is 5.73 Å². The first kappa shape index (κ1) is 16.8. The molecule has 0 spiro atoms. The summed E-state index contributed by atoms with van der Waals surface area (Å²) in [6.45, 7) is 3.62. The molecule has 0 aliphatic heterocycles. The molecule has 3 N–H and O–H groups in total. The number of hydrogen-bond donors (Lipinski definition) is 3. The molecule has 3 amide bonds. The van der Waals surface area contributed by atoms with E-state index in [1.807, 2.05) is 6.92 Å². The summed E-state index contributed by atoms with van der Waals surface area (Å²) in [5, 5.41) is 2.50. The molecule has 0 aromatic carbocycles. The maximum Gasteiger partial charge on any atom is 0.246 e. The summed E-state index contributed by atoms with van der Waals surface area (Å²) in [6.07, 6.45) is 1.67. The Hall–Kier alpha value is -1.24. The summed E-state index contributed by atoms with van der Waals surface area (Å²) >= 11 is 4.03. The molecule has 0 fully saturated rings. The van der Waals surface area contributed by atoms with Crippen LogP contribution in [0.2, 0.25) is 0 Å². The maximum absolute atomic E-state index is 12.1. The third-order valence-corrected chi connectivity index (χ3v) is 2.66. The van der Waals surface area contributed by atoms with Crippen molar-refractivity contribution in [2.75, 3.05) is 18.8 Å². The average Bonchev–Trinajstić information content (AvgIpc) is 2.29. The second kappa shape index (κ2) is 8.79. The number of unbranched alkanes of at least 4 members (excludes halogenated alkanes) is 1. The van der Waals surface area contributed by atoms with Crippen LogP contribution in [0.4, 0.5) is 0 Å². The van der Waals surface area contributed by atoms with Gasteiger partial charge in [-0.25, -0.2) is 0 Å². The Morgan fingerprint density at radius 1 is 1.39 bits per heavy atom. The Kier molecular flexibility index (Phi) is 8.19. The van der Waals surface area contributed by atoms with E-state index in [0.29, 0.717) is 6.54 Å². The summed E-state index contributed by atoms with van der Waals surface area (Å²) in [5.74, 6) is -1.02. The fourth-order valence-corrected chi connectivity index (χ4v) is 1.70. The van der Waals surface area contributed by atoms with Crippen LogP contribution in [-0.2, 0) is 14.4 Å². The van der Waals surface area contributed by atoms with Crippen LogP contribution in [0.15, 0.2) is 0 Å². The highest BCUT2D eigenvalue weighted by molar-refractivity contribution is 7.80. The Morgan fingerprint density at radius 3 is 2.39 bits per heavy atom. The van der Waals surface area contributed by atoms with Crippen LogP contribution in [0.1, 0.15) is 26.7 Å². The first-order chi connectivity index (χ1) is 8.42. The second-order valence-electron chi connectivity index (χ2n) is 4.02. The van der Waals surface area contributed by atoms with E-state index in [1.54, 1.807) is 0 Å². The van der Waals surface area contributed by atoms with Crippen LogP contribution in [0.3, 0.4) is 0 Å². The van der Waals surface area contributed by atoms with Crippen molar-refractivity contribution in [2.45, 2.75) is 32.7 Å². The Morgan fingerprint density at radius 2 is 2.00 bits per heavy atom. The van der Waals surface area contributed by atoms with E-state index in [9.17, 15) is 14.4 Å². The molecule has 0 rings (SSSR count). The van der Waals surface area contributed by atoms with Gasteiger partial charge >= 0.3 is 0 Å². The molecule has 18 heavy (non-hydrogen) atoms. The number of nitrogens with zero attached hydrogens (tertiary/aromatic N) is 1. The van der Waals surface area contributed by atoms with Crippen LogP contribution < -0.4 is 11.1 Å². The Balaban J connectivity index is 4.67. The number of hydrogen-bond acceptors (Lipinski definition) is 4. The summed E-state index contributed by atoms with van der Waals surface area (Å²) in [4.78, 5) is 35.4. The number of nitrogens with two attached hydrogens (primary N) is 1. The van der Waals surface area contributed by atoms with E-state index < -0.39 is 11.9 Å². The summed E-state index contributed by atoms with van der Waals surface area (Å²) < 4.78 is 0. The molecular weight excluding hydrogens is 254 g/mol. The highest BCUT2D eigenvalue weighted by atomic mass is 32.1. The number of carbonyl (C=O) groups is 3. The Labute approximate surface area is 113 Å². The van der Waals surface area contributed by atoms with Gasteiger partial charge < -0.3 is 16.0 Å². The largest absolute Gasteiger partial charge is 0.368 e. The van der Waals surface area contributed by atoms with Gasteiger partial charge in [-0.05, 0) is 6.42 Å². The highest BCUT2D eigenvalue weighted by Crippen LogP contribution is 2.01. The lowest BCUT2D eigenvalue weighted by Gasteiger charge is -2.25. The monoisotopic (exact) mass is 275 g/mol. The zero-order valence-corrected chi connectivity index (χ0v) is 11.7. The van der Waals surface area contributed by atoms with E-state index in [-0.39, 0.29) is 24.1 Å². The fourth-order valence-electron chi connectivity index (χ4n) is 1.46. The molecule has 0 aromatic heterocycles. The zero-order valence-electron chi connectivity index (χ0n) is 10.8. The normalized spacial score (nSPS) is 11.7. The molecule has 0 aliphatic rings. The number of carbonyl (C=O) groups excluding carboxylic acids is 3. The van der Waals surface area contributed by atoms with E-state index in [2.05, 4.69) is 17.9 Å². The fraction of sp³-hybridized carbons (Fsp3) is 0.727. The van der Waals surface area contributed by atoms with E-state index >= 15 is 0 Å². The average molecular weight is 275 g/mol. The van der Waals surface area contributed by atoms with E-state index in [1.165, 1.54) is 11.8 Å². The molecule has 104 valence electrons. The first-order valence-electron chi connectivity index (χ1n) is 5.87. The first-order valence-corrected chi connectivity index (χ1v) is 6.50. The van der Waals surface area contributed by atoms with E-state index in [0.717, 1.165) is 12.8 Å². The summed E-state index contributed by atoms with van der Waals surface area (Å²) in [5.41, 5.74) is 5.11. The number of amides is 3. The predicted octanol–water partition coefficient (Wildman–Crippen LogP) is -0.465. The van der Waals surface area contributed by atoms with Crippen LogP contribution in [0, 0.1) is 0 Å². The molecule has 0 radical (unpaired) electrons. The molecule has 0 saturated carbocycles. The smallest absolute Gasteiger partial charge is 0.246 e. The minimum absolute atomic E-state index is 0.136. The van der Waals surface area contributed by atoms with Gasteiger partial charge in [-0.15, -0.1) is 0 Å². The Bertz CT molecular complexity index is 310. The third-order valence-electron chi connectivity index (χ3n) is 2.30. The van der Waals surface area contributed by atoms with Crippen molar-refractivity contribution in [3.05, 3.63) is 0 Å². The number of primary amides is 1. The lowest BCUT2D eigenvalue weighted by atomic mass is 10.2. The van der Waals surface area contributed by atoms with Crippen molar-refractivity contribution in [1.82, 2.24) is 10.2 Å². The lowest BCUT2D eigenvalue weighted by Crippen LogP contribution is -2.51. The summed E-state index contributed by atoms with van der Waals surface area (Å²) in [7, 11) is 0. The van der Waals surface area contributed by atoms with Gasteiger partial charge in [0, 0.05) is 19.2 Å². The van der Waals surface area contributed by atoms with Gasteiger partial charge in [-0.3, -0.25) is 14.4 Å². The summed E-state index contributed by atoms with van der Waals surface area (Å²) in [6, 6.07) is -0.720. The van der Waals surface area contributed by atoms with Crippen LogP contribution >= 0.6 is 12.6 Å². The molecule has 0 bridgehead atoms. The molecule has 1 atom stereocenters. The predicted molar refractivity (Wildman–Crippen MR) is 72.1 cm³/mol. The molecule has 0 heterocycles. The standard InChI is InChI=1S/C11H21N3O3S/c1-3-4-5-14(6-10(12)16)11(17)9(7-18)13-8(2)15/h9,18H,3-7H2,1-2H3,(H2,12,16)(H,13,15). The number of rotatable bonds is 8. The SMILES string of the molecule is CCCCN(CC(N)=O)C(=O)C(CS)NC(C)=O. The van der Waals surface area contributed by atoms with Crippen molar-refractivity contribution in [3.63, 3.8) is 0 Å². The van der Waals surface area contributed by atoms with Crippen molar-refractivity contribution in [1.29, 1.82) is 0 Å². The van der Waals surface area contributed by atoms with Gasteiger partial charge in [0.2, 0.25) is 17.7 Å². The van der Waals surface area contributed by atoms with Gasteiger partial charge in [0.25, 0.3) is 0 Å². The molecule has 0 aromatic rings. The van der Waals surface area contributed by atoms with Crippen LogP contribution in [-0.4, -0.2) is 47.5 Å². The quantitative estimate of drug-likeness (QED) is 0.523. The van der Waals surface area contributed by atoms with Crippen molar-refractivity contribution >= 4 is 30.4 Å². The van der Waals surface area contributed by atoms with Gasteiger partial charge in [-0.2, -0.15) is 12.6 Å². The lowest BCUT2D eigenvalue weighted by molar-refractivity contribution is -0.138. The minimum Gasteiger partial charge on any atom is -0.368 e. The molecule has 1 unspecified atom stereocenters. The van der Waals surface area contributed by atoms with E-state index in [4.69, 9.17) is 5.73 Å². The highest BCUT2D eigenvalue weighted by Gasteiger charge is 2.24. The molecule has 0 aliphatic carbocycles. The second-order valence-corrected chi connectivity index (χ2v) is 4.38. The van der Waals surface area contributed by atoms with Gasteiger partial charge in [0.15, 0.2) is 0 Å². The minimum atomic E-state index is -0.720. The molecule has 7 heteroatoms. The maximum atomic E-state index is 12.1. The van der Waals surface area contributed by atoms with Crippen LogP contribution in [0.25, 0.3) is 0 Å². The molecule has 0 saturated heterocycles.